The molecule has 1 aliphatic rings. The quantitative estimate of drug-likeness (QED) is 0.901. The minimum atomic E-state index is -0.624. The number of carbonyl (C=O) groups excluding carboxylic acids is 1. The molecule has 1 amide bonds. The van der Waals surface area contributed by atoms with Gasteiger partial charge in [0.25, 0.3) is 11.5 Å². The fourth-order valence-corrected chi connectivity index (χ4v) is 3.19. The van der Waals surface area contributed by atoms with E-state index in [0.29, 0.717) is 25.3 Å². The van der Waals surface area contributed by atoms with Gasteiger partial charge in [-0.3, -0.25) is 9.59 Å². The molecule has 0 atom stereocenters. The average molecular weight is 365 g/mol. The van der Waals surface area contributed by atoms with Crippen LogP contribution in [0.4, 0.5) is 10.1 Å². The number of rotatable bonds is 4. The molecule has 1 aliphatic heterocycles. The number of amides is 1. The van der Waals surface area contributed by atoms with Crippen LogP contribution in [-0.4, -0.2) is 17.1 Å². The molecule has 0 aliphatic carbocycles. The van der Waals surface area contributed by atoms with Crippen molar-refractivity contribution in [2.45, 2.75) is 32.7 Å². The van der Waals surface area contributed by atoms with Crippen molar-refractivity contribution in [3.8, 4) is 5.75 Å². The minimum Gasteiger partial charge on any atom is -0.493 e. The van der Waals surface area contributed by atoms with Crippen molar-refractivity contribution in [2.75, 3.05) is 11.9 Å². The largest absolute Gasteiger partial charge is 0.493 e. The number of benzene rings is 1. The lowest BCUT2D eigenvalue weighted by molar-refractivity contribution is 0.102. The number of ether oxygens (including phenoxy) is 1. The van der Waals surface area contributed by atoms with Crippen molar-refractivity contribution >= 4 is 23.2 Å². The van der Waals surface area contributed by atoms with Gasteiger partial charge in [0.15, 0.2) is 0 Å². The molecule has 25 heavy (non-hydrogen) atoms. The van der Waals surface area contributed by atoms with Crippen molar-refractivity contribution in [2.24, 2.45) is 0 Å². The lowest BCUT2D eigenvalue weighted by Crippen LogP contribution is -2.31. The maximum atomic E-state index is 14.0. The summed E-state index contributed by atoms with van der Waals surface area (Å²) in [5.74, 6) is -0.899. The summed E-state index contributed by atoms with van der Waals surface area (Å²) in [5.41, 5.74) is 0.759. The average Bonchev–Trinajstić information content (AvgIpc) is 2.58. The molecule has 0 unspecified atom stereocenters. The molecule has 0 bridgehead atoms. The van der Waals surface area contributed by atoms with Crippen LogP contribution in [0, 0.1) is 5.82 Å². The van der Waals surface area contributed by atoms with Gasteiger partial charge in [0, 0.05) is 23.3 Å². The van der Waals surface area contributed by atoms with Crippen LogP contribution in [0.3, 0.4) is 0 Å². The predicted octanol–water partition coefficient (Wildman–Crippen LogP) is 3.63. The number of nitrogens with zero attached hydrogens (tertiary/aromatic N) is 1. The lowest BCUT2D eigenvalue weighted by atomic mass is 10.0. The Bertz CT molecular complexity index is 879. The van der Waals surface area contributed by atoms with Gasteiger partial charge in [-0.05, 0) is 44.4 Å². The molecule has 0 saturated heterocycles. The zero-order valence-electron chi connectivity index (χ0n) is 13.8. The van der Waals surface area contributed by atoms with E-state index < -0.39 is 11.7 Å². The summed E-state index contributed by atoms with van der Waals surface area (Å²) in [6, 6.07) is 5.35. The maximum absolute atomic E-state index is 14.0. The van der Waals surface area contributed by atoms with Crippen LogP contribution in [-0.2, 0) is 13.0 Å². The molecule has 5 nitrogen and oxygen atoms in total. The highest BCUT2D eigenvalue weighted by Gasteiger charge is 2.25. The van der Waals surface area contributed by atoms with Crippen LogP contribution in [0.25, 0.3) is 0 Å². The van der Waals surface area contributed by atoms with Gasteiger partial charge in [-0.2, -0.15) is 0 Å². The molecule has 0 radical (unpaired) electrons. The van der Waals surface area contributed by atoms with Gasteiger partial charge in [0.2, 0.25) is 0 Å². The van der Waals surface area contributed by atoms with E-state index in [2.05, 4.69) is 5.32 Å². The first-order valence-electron chi connectivity index (χ1n) is 8.17. The zero-order valence-corrected chi connectivity index (χ0v) is 14.5. The van der Waals surface area contributed by atoms with Crippen molar-refractivity contribution in [3.63, 3.8) is 0 Å². The number of nitrogens with one attached hydrogen (secondary N) is 1. The second-order valence-electron chi connectivity index (χ2n) is 5.79. The zero-order chi connectivity index (χ0) is 18.0. The second-order valence-corrected chi connectivity index (χ2v) is 6.23. The minimum absolute atomic E-state index is 0.0256. The summed E-state index contributed by atoms with van der Waals surface area (Å²) in [4.78, 5) is 25.1. The summed E-state index contributed by atoms with van der Waals surface area (Å²) in [6.45, 7) is 2.66. The number of carbonyl (C=O) groups is 1. The summed E-state index contributed by atoms with van der Waals surface area (Å²) in [5, 5.41) is 2.80. The van der Waals surface area contributed by atoms with Crippen molar-refractivity contribution in [3.05, 3.63) is 56.7 Å². The van der Waals surface area contributed by atoms with Gasteiger partial charge in [-0.1, -0.05) is 11.6 Å². The smallest absolute Gasteiger partial charge is 0.261 e. The molecule has 7 heteroatoms. The Hall–Kier alpha value is -2.34. The predicted molar refractivity (Wildman–Crippen MR) is 94.2 cm³/mol. The number of anilines is 1. The first-order valence-corrected chi connectivity index (χ1v) is 8.55. The lowest BCUT2D eigenvalue weighted by Gasteiger charge is -2.23. The third-order valence-corrected chi connectivity index (χ3v) is 4.37. The molecule has 3 rings (SSSR count). The van der Waals surface area contributed by atoms with E-state index in [0.717, 1.165) is 18.9 Å². The van der Waals surface area contributed by atoms with Gasteiger partial charge in [0.1, 0.15) is 17.1 Å². The van der Waals surface area contributed by atoms with E-state index in [-0.39, 0.29) is 27.6 Å². The Morgan fingerprint density at radius 3 is 2.88 bits per heavy atom. The first-order chi connectivity index (χ1) is 12.0. The maximum Gasteiger partial charge on any atom is 0.261 e. The van der Waals surface area contributed by atoms with Gasteiger partial charge < -0.3 is 14.6 Å². The third-order valence-electron chi connectivity index (χ3n) is 4.13. The molecule has 1 N–H and O–H groups in total. The fourth-order valence-electron chi connectivity index (χ4n) is 3.03. The van der Waals surface area contributed by atoms with Gasteiger partial charge in [-0.15, -0.1) is 0 Å². The van der Waals surface area contributed by atoms with Crippen molar-refractivity contribution < 1.29 is 13.9 Å². The molecular formula is C18H18ClFN2O3. The van der Waals surface area contributed by atoms with E-state index in [1.807, 2.05) is 0 Å². The van der Waals surface area contributed by atoms with E-state index in [9.17, 15) is 14.0 Å². The van der Waals surface area contributed by atoms with E-state index >= 15 is 0 Å². The highest BCUT2D eigenvalue weighted by atomic mass is 35.5. The molecule has 132 valence electrons. The van der Waals surface area contributed by atoms with Crippen LogP contribution >= 0.6 is 11.6 Å². The molecule has 1 aromatic heterocycles. The van der Waals surface area contributed by atoms with Crippen LogP contribution < -0.4 is 15.6 Å². The number of aromatic nitrogens is 1. The summed E-state index contributed by atoms with van der Waals surface area (Å²) in [7, 11) is 0. The third kappa shape index (κ3) is 3.54. The van der Waals surface area contributed by atoms with E-state index in [1.54, 1.807) is 11.5 Å². The van der Waals surface area contributed by atoms with Crippen molar-refractivity contribution in [1.29, 1.82) is 0 Å². The van der Waals surface area contributed by atoms with Crippen molar-refractivity contribution in [1.82, 2.24) is 4.57 Å². The topological polar surface area (TPSA) is 60.3 Å². The highest BCUT2D eigenvalue weighted by molar-refractivity contribution is 6.30. The Morgan fingerprint density at radius 1 is 1.36 bits per heavy atom. The number of hydrogen-bond donors (Lipinski definition) is 1. The summed E-state index contributed by atoms with van der Waals surface area (Å²) < 4.78 is 21.1. The fraction of sp³-hybridized carbons (Fsp3) is 0.333. The number of fused-ring (bicyclic) bond motifs is 1. The van der Waals surface area contributed by atoms with Crippen LogP contribution in [0.5, 0.6) is 5.75 Å². The number of hydrogen-bond acceptors (Lipinski definition) is 3. The monoisotopic (exact) mass is 364 g/mol. The summed E-state index contributed by atoms with van der Waals surface area (Å²) in [6.07, 6.45) is 2.36. The second kappa shape index (κ2) is 7.27. The molecule has 0 spiro atoms. The Balaban J connectivity index is 2.05. The normalized spacial score (nSPS) is 13.2. The molecular weight excluding hydrogens is 347 g/mol. The molecule has 0 fully saturated rings. The Kier molecular flexibility index (Phi) is 5.08. The van der Waals surface area contributed by atoms with Crippen LogP contribution in [0.15, 0.2) is 29.1 Å². The van der Waals surface area contributed by atoms with Crippen LogP contribution in [0.1, 0.15) is 35.8 Å². The Morgan fingerprint density at radius 2 is 2.16 bits per heavy atom. The van der Waals surface area contributed by atoms with E-state index in [1.165, 1.54) is 18.2 Å². The number of pyridine rings is 1. The molecule has 0 saturated carbocycles. The van der Waals surface area contributed by atoms with E-state index in [4.69, 9.17) is 16.3 Å². The molecule has 1 aromatic carbocycles. The van der Waals surface area contributed by atoms with Gasteiger partial charge in [0.05, 0.1) is 12.3 Å². The summed E-state index contributed by atoms with van der Waals surface area (Å²) >= 11 is 5.74. The highest BCUT2D eigenvalue weighted by Crippen LogP contribution is 2.27. The standard InChI is InChI=1S/C18H18ClFN2O3/c1-2-25-15-10-16(23)22-8-4-3-5-14(22)17(15)18(24)21-13-7-6-11(19)9-12(13)20/h6-7,9-10H,2-5,8H2,1H3,(H,21,24). The van der Waals surface area contributed by atoms with Crippen LogP contribution in [0.2, 0.25) is 5.02 Å². The van der Waals surface area contributed by atoms with Gasteiger partial charge >= 0.3 is 0 Å². The van der Waals surface area contributed by atoms with Gasteiger partial charge in [-0.25, -0.2) is 4.39 Å². The first kappa shape index (κ1) is 17.5. The SMILES string of the molecule is CCOc1cc(=O)n2c(c1C(=O)Nc1ccc(Cl)cc1F)CCCC2. The molecule has 2 aromatic rings. The Labute approximate surface area is 149 Å². The number of halogens is 2. The molecule has 2 heterocycles.